The first-order chi connectivity index (χ1) is 15.6. The molecule has 1 aliphatic rings. The molecule has 0 radical (unpaired) electrons. The summed E-state index contributed by atoms with van der Waals surface area (Å²) in [6.45, 7) is 11.3. The highest BCUT2D eigenvalue weighted by molar-refractivity contribution is 5.55. The van der Waals surface area contributed by atoms with Gasteiger partial charge >= 0.3 is 0 Å². The van der Waals surface area contributed by atoms with Gasteiger partial charge in [-0.15, -0.1) is 5.10 Å². The van der Waals surface area contributed by atoms with Crippen molar-refractivity contribution in [1.82, 2.24) is 25.1 Å². The van der Waals surface area contributed by atoms with Crippen molar-refractivity contribution in [3.63, 3.8) is 0 Å². The zero-order valence-electron chi connectivity index (χ0n) is 19.7. The Balaban J connectivity index is 1.47. The number of ether oxygens (including phenoxy) is 1. The smallest absolute Gasteiger partial charge is 0.168 e. The average Bonchev–Trinajstić information content (AvgIpc) is 3.27. The maximum Gasteiger partial charge on any atom is 0.168 e. The normalized spacial score (nSPS) is 15.7. The number of nitrogens with zero attached hydrogens (tertiary/aromatic N) is 6. The third kappa shape index (κ3) is 4.93. The van der Waals surface area contributed by atoms with E-state index in [4.69, 9.17) is 4.74 Å². The maximum atomic E-state index is 5.27. The molecule has 3 aromatic rings. The van der Waals surface area contributed by atoms with Crippen molar-refractivity contribution in [2.24, 2.45) is 0 Å². The van der Waals surface area contributed by atoms with Crippen LogP contribution in [0.25, 0.3) is 0 Å². The van der Waals surface area contributed by atoms with Crippen molar-refractivity contribution in [1.29, 1.82) is 0 Å². The Kier molecular flexibility index (Phi) is 7.05. The Morgan fingerprint density at radius 1 is 1.00 bits per heavy atom. The number of aromatic nitrogens is 4. The van der Waals surface area contributed by atoms with Gasteiger partial charge in [-0.05, 0) is 65.6 Å². The molecule has 2 heterocycles. The fraction of sp³-hybridized carbons (Fsp3) is 0.480. The van der Waals surface area contributed by atoms with E-state index in [2.05, 4.69) is 76.4 Å². The third-order valence-electron chi connectivity index (χ3n) is 6.37. The number of anilines is 1. The van der Waals surface area contributed by atoms with Gasteiger partial charge in [0.05, 0.1) is 19.7 Å². The Morgan fingerprint density at radius 2 is 1.75 bits per heavy atom. The highest BCUT2D eigenvalue weighted by Crippen LogP contribution is 2.28. The molecule has 0 aliphatic carbocycles. The van der Waals surface area contributed by atoms with Crippen LogP contribution < -0.4 is 9.64 Å². The summed E-state index contributed by atoms with van der Waals surface area (Å²) < 4.78 is 7.23. The van der Waals surface area contributed by atoms with Gasteiger partial charge in [0, 0.05) is 31.9 Å². The lowest BCUT2D eigenvalue weighted by atomic mass is 10.1. The zero-order valence-corrected chi connectivity index (χ0v) is 19.7. The van der Waals surface area contributed by atoms with E-state index in [1.807, 2.05) is 16.8 Å². The lowest BCUT2D eigenvalue weighted by Gasteiger charge is -2.40. The average molecular weight is 435 g/mol. The quantitative estimate of drug-likeness (QED) is 0.534. The van der Waals surface area contributed by atoms with Crippen molar-refractivity contribution in [3.8, 4) is 5.75 Å². The van der Waals surface area contributed by atoms with E-state index in [0.717, 1.165) is 56.2 Å². The summed E-state index contributed by atoms with van der Waals surface area (Å²) in [6, 6.07) is 15.1. The Morgan fingerprint density at radius 3 is 2.44 bits per heavy atom. The van der Waals surface area contributed by atoms with Crippen LogP contribution in [-0.2, 0) is 6.54 Å². The van der Waals surface area contributed by atoms with Gasteiger partial charge in [0.25, 0.3) is 0 Å². The van der Waals surface area contributed by atoms with Gasteiger partial charge in [-0.2, -0.15) is 0 Å². The fourth-order valence-electron chi connectivity index (χ4n) is 4.55. The molecule has 0 unspecified atom stereocenters. The zero-order chi connectivity index (χ0) is 22.5. The Bertz CT molecular complexity index is 1010. The summed E-state index contributed by atoms with van der Waals surface area (Å²) in [4.78, 5) is 5.07. The van der Waals surface area contributed by atoms with Crippen LogP contribution in [0.2, 0.25) is 0 Å². The van der Waals surface area contributed by atoms with Crippen molar-refractivity contribution >= 4 is 5.69 Å². The number of hydrogen-bond donors (Lipinski definition) is 0. The van der Waals surface area contributed by atoms with Gasteiger partial charge in [0.15, 0.2) is 5.82 Å². The first-order valence-electron chi connectivity index (χ1n) is 11.5. The predicted octanol–water partition coefficient (Wildman–Crippen LogP) is 4.01. The SMILES string of the molecule is CCC[C@@H](c1nnnn1Cc1ccc(OC)cc1)N1CCN(c2cc(C)ccc2C)CC1. The molecule has 7 heteroatoms. The number of tetrazole rings is 1. The van der Waals surface area contributed by atoms with Crippen molar-refractivity contribution in [2.45, 2.75) is 46.2 Å². The number of methoxy groups -OCH3 is 1. The maximum absolute atomic E-state index is 5.27. The topological polar surface area (TPSA) is 59.3 Å². The minimum absolute atomic E-state index is 0.231. The van der Waals surface area contributed by atoms with Crippen LogP contribution in [0, 0.1) is 13.8 Å². The molecule has 2 aromatic carbocycles. The van der Waals surface area contributed by atoms with Crippen molar-refractivity contribution in [2.75, 3.05) is 38.2 Å². The van der Waals surface area contributed by atoms with Crippen molar-refractivity contribution in [3.05, 3.63) is 65.0 Å². The predicted molar refractivity (Wildman–Crippen MR) is 127 cm³/mol. The molecule has 1 aromatic heterocycles. The summed E-state index contributed by atoms with van der Waals surface area (Å²) in [7, 11) is 1.68. The monoisotopic (exact) mass is 434 g/mol. The van der Waals surface area contributed by atoms with Gasteiger partial charge < -0.3 is 9.64 Å². The van der Waals surface area contributed by atoms with Gasteiger partial charge in [0.2, 0.25) is 0 Å². The molecule has 0 N–H and O–H groups in total. The van der Waals surface area contributed by atoms with E-state index in [0.29, 0.717) is 6.54 Å². The molecule has 1 fully saturated rings. The molecule has 4 rings (SSSR count). The second-order valence-electron chi connectivity index (χ2n) is 8.66. The third-order valence-corrected chi connectivity index (χ3v) is 6.37. The molecular formula is C25H34N6O. The summed E-state index contributed by atoms with van der Waals surface area (Å²) in [5.41, 5.74) is 5.18. The Hall–Kier alpha value is -2.93. The highest BCUT2D eigenvalue weighted by Gasteiger charge is 2.29. The number of piperazine rings is 1. The van der Waals surface area contributed by atoms with Crippen LogP contribution in [0.3, 0.4) is 0 Å². The van der Waals surface area contributed by atoms with Crippen LogP contribution >= 0.6 is 0 Å². The van der Waals surface area contributed by atoms with E-state index >= 15 is 0 Å². The Labute approximate surface area is 191 Å². The van der Waals surface area contributed by atoms with Gasteiger partial charge in [-0.3, -0.25) is 4.90 Å². The largest absolute Gasteiger partial charge is 0.497 e. The second-order valence-corrected chi connectivity index (χ2v) is 8.66. The van der Waals surface area contributed by atoms with Crippen LogP contribution in [0.4, 0.5) is 5.69 Å². The molecule has 1 atom stereocenters. The number of rotatable bonds is 8. The van der Waals surface area contributed by atoms with Gasteiger partial charge in [-0.1, -0.05) is 37.6 Å². The standard InChI is InChI=1S/C25H34N6O/c1-5-6-23(25-26-27-28-31(25)18-21-9-11-22(32-4)12-10-21)29-13-15-30(16-14-29)24-17-19(2)7-8-20(24)3/h7-12,17,23H,5-6,13-16,18H2,1-4H3/t23-/m0/s1. The molecule has 7 nitrogen and oxygen atoms in total. The molecule has 0 bridgehead atoms. The highest BCUT2D eigenvalue weighted by atomic mass is 16.5. The van der Waals surface area contributed by atoms with Crippen LogP contribution in [0.1, 0.15) is 48.3 Å². The summed E-state index contributed by atoms with van der Waals surface area (Å²) >= 11 is 0. The number of aryl methyl sites for hydroxylation is 2. The molecule has 0 saturated carbocycles. The van der Waals surface area contributed by atoms with Crippen LogP contribution in [-0.4, -0.2) is 58.4 Å². The minimum Gasteiger partial charge on any atom is -0.497 e. The van der Waals surface area contributed by atoms with E-state index in [1.165, 1.54) is 16.8 Å². The lowest BCUT2D eigenvalue weighted by Crippen LogP contribution is -2.48. The summed E-state index contributed by atoms with van der Waals surface area (Å²) in [5, 5.41) is 12.8. The minimum atomic E-state index is 0.231. The van der Waals surface area contributed by atoms with E-state index in [9.17, 15) is 0 Å². The molecule has 170 valence electrons. The molecule has 1 aliphatic heterocycles. The van der Waals surface area contributed by atoms with E-state index in [-0.39, 0.29) is 6.04 Å². The number of benzene rings is 2. The van der Waals surface area contributed by atoms with Gasteiger partial charge in [-0.25, -0.2) is 4.68 Å². The molecule has 1 saturated heterocycles. The number of hydrogen-bond acceptors (Lipinski definition) is 6. The molecule has 0 spiro atoms. The molecule has 32 heavy (non-hydrogen) atoms. The van der Waals surface area contributed by atoms with E-state index < -0.39 is 0 Å². The summed E-state index contributed by atoms with van der Waals surface area (Å²) in [6.07, 6.45) is 2.14. The lowest BCUT2D eigenvalue weighted by molar-refractivity contribution is 0.164. The molecular weight excluding hydrogens is 400 g/mol. The second kappa shape index (κ2) is 10.1. The van der Waals surface area contributed by atoms with Gasteiger partial charge in [0.1, 0.15) is 5.75 Å². The first-order valence-corrected chi connectivity index (χ1v) is 11.5. The van der Waals surface area contributed by atoms with E-state index in [1.54, 1.807) is 7.11 Å². The van der Waals surface area contributed by atoms with Crippen LogP contribution in [0.15, 0.2) is 42.5 Å². The van der Waals surface area contributed by atoms with Crippen LogP contribution in [0.5, 0.6) is 5.75 Å². The first kappa shape index (κ1) is 22.3. The van der Waals surface area contributed by atoms with Crippen molar-refractivity contribution < 1.29 is 4.74 Å². The fourth-order valence-corrected chi connectivity index (χ4v) is 4.55. The molecule has 0 amide bonds. The summed E-state index contributed by atoms with van der Waals surface area (Å²) in [5.74, 6) is 1.82.